The molecule has 2 aromatic carbocycles. The average Bonchev–Trinajstić information content (AvgIpc) is 2.73. The van der Waals surface area contributed by atoms with Gasteiger partial charge in [0.15, 0.2) is 0 Å². The summed E-state index contributed by atoms with van der Waals surface area (Å²) in [7, 11) is 0. The fraction of sp³-hybridized carbons (Fsp3) is 0.320. The molecule has 0 aliphatic rings. The van der Waals surface area contributed by atoms with E-state index in [9.17, 15) is 0 Å². The number of pyridine rings is 1. The molecule has 0 saturated heterocycles. The van der Waals surface area contributed by atoms with Crippen LogP contribution in [0.3, 0.4) is 0 Å². The van der Waals surface area contributed by atoms with Gasteiger partial charge < -0.3 is 4.90 Å². The van der Waals surface area contributed by atoms with E-state index in [0.29, 0.717) is 0 Å². The van der Waals surface area contributed by atoms with Crippen LogP contribution in [-0.2, 0) is 0 Å². The number of nitrogens with zero attached hydrogens (tertiary/aromatic N) is 2. The highest BCUT2D eigenvalue weighted by atomic mass is 15.1. The lowest BCUT2D eigenvalue weighted by atomic mass is 9.96. The molecular weight excluding hydrogens is 328 g/mol. The van der Waals surface area contributed by atoms with Crippen molar-refractivity contribution in [1.82, 2.24) is 4.98 Å². The second-order valence-electron chi connectivity index (χ2n) is 7.05. The topological polar surface area (TPSA) is 16.1 Å². The predicted molar refractivity (Wildman–Crippen MR) is 119 cm³/mol. The molecule has 3 rings (SSSR count). The molecule has 0 amide bonds. The summed E-state index contributed by atoms with van der Waals surface area (Å²) >= 11 is 0. The number of aromatic nitrogens is 1. The van der Waals surface area contributed by atoms with Crippen molar-refractivity contribution in [2.75, 3.05) is 18.0 Å². The minimum absolute atomic E-state index is 0.932. The maximum atomic E-state index is 4.47. The van der Waals surface area contributed by atoms with Gasteiger partial charge in [0.05, 0.1) is 5.69 Å². The number of hydrogen-bond acceptors (Lipinski definition) is 2. The summed E-state index contributed by atoms with van der Waals surface area (Å²) in [6.07, 6.45) is 8.58. The summed E-state index contributed by atoms with van der Waals surface area (Å²) in [4.78, 5) is 7.01. The molecule has 3 aromatic rings. The van der Waals surface area contributed by atoms with Gasteiger partial charge >= 0.3 is 0 Å². The van der Waals surface area contributed by atoms with E-state index in [1.54, 1.807) is 0 Å². The van der Waals surface area contributed by atoms with E-state index in [4.69, 9.17) is 0 Å². The van der Waals surface area contributed by atoms with Crippen LogP contribution in [0.5, 0.6) is 0 Å². The lowest BCUT2D eigenvalue weighted by molar-refractivity contribution is 0.678. The standard InChI is InChI=1S/C25H30N2/c1-4-7-17-27(18-8-5-2)21-14-15-22-20(19-21)11-9-12-23(22)24-13-10-16-26-25(24)6-3/h6,9-16,19H,3-5,7-8,17-18H2,1-2H3. The highest BCUT2D eigenvalue weighted by molar-refractivity contribution is 5.99. The first-order valence-electron chi connectivity index (χ1n) is 10.1. The Morgan fingerprint density at radius 1 is 0.926 bits per heavy atom. The molecule has 2 nitrogen and oxygen atoms in total. The van der Waals surface area contributed by atoms with Crippen LogP contribution in [0.15, 0.2) is 61.3 Å². The number of anilines is 1. The van der Waals surface area contributed by atoms with Gasteiger partial charge in [0.25, 0.3) is 0 Å². The smallest absolute Gasteiger partial charge is 0.0702 e. The molecule has 140 valence electrons. The van der Waals surface area contributed by atoms with E-state index in [0.717, 1.165) is 24.3 Å². The average molecular weight is 359 g/mol. The van der Waals surface area contributed by atoms with Gasteiger partial charge in [0.1, 0.15) is 0 Å². The molecule has 27 heavy (non-hydrogen) atoms. The van der Waals surface area contributed by atoms with Crippen LogP contribution in [0.4, 0.5) is 5.69 Å². The quantitative estimate of drug-likeness (QED) is 0.411. The molecule has 0 saturated carbocycles. The third-order valence-electron chi connectivity index (χ3n) is 5.11. The van der Waals surface area contributed by atoms with E-state index in [2.05, 4.69) is 72.8 Å². The van der Waals surface area contributed by atoms with Crippen LogP contribution in [0, 0.1) is 0 Å². The molecule has 0 aliphatic heterocycles. The summed E-state index contributed by atoms with van der Waals surface area (Å²) in [6.45, 7) is 10.7. The van der Waals surface area contributed by atoms with Gasteiger partial charge in [-0.3, -0.25) is 4.98 Å². The van der Waals surface area contributed by atoms with Crippen molar-refractivity contribution in [3.63, 3.8) is 0 Å². The predicted octanol–water partition coefficient (Wildman–Crippen LogP) is 6.95. The lowest BCUT2D eigenvalue weighted by Gasteiger charge is -2.25. The molecule has 0 spiro atoms. The first-order chi connectivity index (χ1) is 13.3. The van der Waals surface area contributed by atoms with Crippen LogP contribution in [0.1, 0.15) is 45.2 Å². The summed E-state index contributed by atoms with van der Waals surface area (Å²) in [5, 5.41) is 2.55. The molecule has 0 unspecified atom stereocenters. The molecule has 0 fully saturated rings. The SMILES string of the molecule is C=Cc1ncccc1-c1cccc2cc(N(CCCC)CCCC)ccc12. The van der Waals surface area contributed by atoms with E-state index in [-0.39, 0.29) is 0 Å². The zero-order chi connectivity index (χ0) is 19.1. The fourth-order valence-electron chi connectivity index (χ4n) is 3.58. The molecule has 1 aromatic heterocycles. The summed E-state index contributed by atoms with van der Waals surface area (Å²) in [6, 6.07) is 17.5. The van der Waals surface area contributed by atoms with Gasteiger partial charge in [-0.15, -0.1) is 0 Å². The first kappa shape index (κ1) is 19.2. The summed E-state index contributed by atoms with van der Waals surface area (Å²) < 4.78 is 0. The third kappa shape index (κ3) is 4.39. The molecule has 1 heterocycles. The van der Waals surface area contributed by atoms with Crippen LogP contribution >= 0.6 is 0 Å². The van der Waals surface area contributed by atoms with E-state index >= 15 is 0 Å². The Labute approximate surface area is 163 Å². The Morgan fingerprint density at radius 2 is 1.67 bits per heavy atom. The van der Waals surface area contributed by atoms with Crippen molar-refractivity contribution in [3.8, 4) is 11.1 Å². The Bertz CT molecular complexity index is 890. The van der Waals surface area contributed by atoms with E-state index < -0.39 is 0 Å². The number of fused-ring (bicyclic) bond motifs is 1. The second-order valence-corrected chi connectivity index (χ2v) is 7.05. The van der Waals surface area contributed by atoms with Gasteiger partial charge in [0.2, 0.25) is 0 Å². The van der Waals surface area contributed by atoms with Crippen molar-refractivity contribution < 1.29 is 0 Å². The highest BCUT2D eigenvalue weighted by Crippen LogP contribution is 2.33. The molecule has 2 heteroatoms. The van der Waals surface area contributed by atoms with Crippen molar-refractivity contribution in [1.29, 1.82) is 0 Å². The fourth-order valence-corrected chi connectivity index (χ4v) is 3.58. The van der Waals surface area contributed by atoms with E-state index in [1.807, 2.05) is 18.3 Å². The van der Waals surface area contributed by atoms with Crippen LogP contribution < -0.4 is 4.90 Å². The second kappa shape index (κ2) is 9.36. The Morgan fingerprint density at radius 3 is 2.37 bits per heavy atom. The number of rotatable bonds is 9. The Hall–Kier alpha value is -2.61. The van der Waals surface area contributed by atoms with Crippen LogP contribution in [-0.4, -0.2) is 18.1 Å². The molecule has 0 atom stereocenters. The van der Waals surface area contributed by atoms with Crippen LogP contribution in [0.2, 0.25) is 0 Å². The first-order valence-corrected chi connectivity index (χ1v) is 10.1. The van der Waals surface area contributed by atoms with E-state index in [1.165, 1.54) is 47.7 Å². The molecule has 0 bridgehead atoms. The van der Waals surface area contributed by atoms with Crippen molar-refractivity contribution in [2.24, 2.45) is 0 Å². The van der Waals surface area contributed by atoms with Gasteiger partial charge in [-0.05, 0) is 53.5 Å². The van der Waals surface area contributed by atoms with Gasteiger partial charge in [0, 0.05) is 30.5 Å². The number of hydrogen-bond donors (Lipinski definition) is 0. The Balaban J connectivity index is 2.02. The molecule has 0 N–H and O–H groups in total. The minimum Gasteiger partial charge on any atom is -0.372 e. The third-order valence-corrected chi connectivity index (χ3v) is 5.11. The monoisotopic (exact) mass is 358 g/mol. The minimum atomic E-state index is 0.932. The van der Waals surface area contributed by atoms with Crippen LogP contribution in [0.25, 0.3) is 28.0 Å². The highest BCUT2D eigenvalue weighted by Gasteiger charge is 2.10. The summed E-state index contributed by atoms with van der Waals surface area (Å²) in [5.74, 6) is 0. The Kier molecular flexibility index (Phi) is 6.64. The van der Waals surface area contributed by atoms with Gasteiger partial charge in [-0.2, -0.15) is 0 Å². The maximum Gasteiger partial charge on any atom is 0.0702 e. The van der Waals surface area contributed by atoms with Crippen molar-refractivity contribution in [2.45, 2.75) is 39.5 Å². The van der Waals surface area contributed by atoms with Crippen molar-refractivity contribution >= 4 is 22.5 Å². The molecule has 0 aliphatic carbocycles. The largest absolute Gasteiger partial charge is 0.372 e. The molecular formula is C25H30N2. The normalized spacial score (nSPS) is 10.9. The van der Waals surface area contributed by atoms with Gasteiger partial charge in [-0.25, -0.2) is 0 Å². The molecule has 0 radical (unpaired) electrons. The number of benzene rings is 2. The summed E-state index contributed by atoms with van der Waals surface area (Å²) in [5.41, 5.74) is 4.62. The zero-order valence-electron chi connectivity index (χ0n) is 16.6. The zero-order valence-corrected chi connectivity index (χ0v) is 16.6. The van der Waals surface area contributed by atoms with Gasteiger partial charge in [-0.1, -0.05) is 63.6 Å². The number of unbranched alkanes of at least 4 members (excludes halogenated alkanes) is 2. The maximum absolute atomic E-state index is 4.47. The lowest BCUT2D eigenvalue weighted by Crippen LogP contribution is -2.25. The van der Waals surface area contributed by atoms with Crippen molar-refractivity contribution in [3.05, 3.63) is 67.0 Å².